The summed E-state index contributed by atoms with van der Waals surface area (Å²) in [6.07, 6.45) is 0. The normalized spacial score (nSPS) is 14.9. The number of anilines is 1. The molecule has 2 N–H and O–H groups in total. The van der Waals surface area contributed by atoms with Crippen molar-refractivity contribution in [3.05, 3.63) is 65.7 Å². The maximum atomic E-state index is 12.1. The quantitative estimate of drug-likeness (QED) is 0.812. The van der Waals surface area contributed by atoms with E-state index in [9.17, 15) is 4.79 Å². The lowest BCUT2D eigenvalue weighted by Crippen LogP contribution is -2.36. The van der Waals surface area contributed by atoms with Gasteiger partial charge in [0.1, 0.15) is 0 Å². The fourth-order valence-corrected chi connectivity index (χ4v) is 2.88. The largest absolute Gasteiger partial charge is 0.379 e. The fourth-order valence-electron chi connectivity index (χ4n) is 2.88. The second-order valence-electron chi connectivity index (χ2n) is 6.15. The number of carbonyl (C=O) groups is 1. The number of para-hydroxylation sites is 1. The third-order valence-corrected chi connectivity index (χ3v) is 4.32. The molecule has 1 amide bonds. The molecule has 0 atom stereocenters. The monoisotopic (exact) mass is 339 g/mol. The van der Waals surface area contributed by atoms with Crippen molar-refractivity contribution in [3.8, 4) is 0 Å². The van der Waals surface area contributed by atoms with Gasteiger partial charge in [-0.25, -0.2) is 0 Å². The van der Waals surface area contributed by atoms with E-state index < -0.39 is 0 Å². The SMILES string of the molecule is O=C(CNc1ccccc1)NCc1ccccc1CN1CCOCC1. The number of benzene rings is 2. The highest BCUT2D eigenvalue weighted by Gasteiger charge is 2.13. The highest BCUT2D eigenvalue weighted by atomic mass is 16.5. The second-order valence-corrected chi connectivity index (χ2v) is 6.15. The molecule has 5 nitrogen and oxygen atoms in total. The molecule has 2 aromatic rings. The first-order valence-corrected chi connectivity index (χ1v) is 8.74. The Morgan fingerprint density at radius 2 is 1.64 bits per heavy atom. The topological polar surface area (TPSA) is 53.6 Å². The molecule has 0 saturated carbocycles. The number of nitrogens with zero attached hydrogens (tertiary/aromatic N) is 1. The van der Waals surface area contributed by atoms with Crippen LogP contribution in [0.15, 0.2) is 54.6 Å². The van der Waals surface area contributed by atoms with Gasteiger partial charge in [-0.05, 0) is 23.3 Å². The smallest absolute Gasteiger partial charge is 0.239 e. The Labute approximate surface area is 149 Å². The van der Waals surface area contributed by atoms with E-state index in [1.165, 1.54) is 11.1 Å². The van der Waals surface area contributed by atoms with E-state index in [0.29, 0.717) is 6.54 Å². The van der Waals surface area contributed by atoms with Crippen molar-refractivity contribution < 1.29 is 9.53 Å². The number of morpholine rings is 1. The Kier molecular flexibility index (Phi) is 6.42. The van der Waals surface area contributed by atoms with E-state index in [0.717, 1.165) is 38.5 Å². The average Bonchev–Trinajstić information content (AvgIpc) is 2.67. The van der Waals surface area contributed by atoms with Crippen LogP contribution >= 0.6 is 0 Å². The molecular weight excluding hydrogens is 314 g/mol. The molecule has 2 aromatic carbocycles. The first-order valence-electron chi connectivity index (χ1n) is 8.74. The first-order chi connectivity index (χ1) is 12.3. The molecule has 0 bridgehead atoms. The van der Waals surface area contributed by atoms with Gasteiger partial charge >= 0.3 is 0 Å². The minimum Gasteiger partial charge on any atom is -0.379 e. The van der Waals surface area contributed by atoms with Gasteiger partial charge in [-0.2, -0.15) is 0 Å². The van der Waals surface area contributed by atoms with Gasteiger partial charge in [0.05, 0.1) is 19.8 Å². The summed E-state index contributed by atoms with van der Waals surface area (Å²) in [6, 6.07) is 18.0. The molecule has 0 unspecified atom stereocenters. The third-order valence-electron chi connectivity index (χ3n) is 4.32. The van der Waals surface area contributed by atoms with Gasteiger partial charge in [-0.3, -0.25) is 9.69 Å². The highest BCUT2D eigenvalue weighted by molar-refractivity contribution is 5.80. The van der Waals surface area contributed by atoms with E-state index in [1.54, 1.807) is 0 Å². The Balaban J connectivity index is 1.49. The maximum Gasteiger partial charge on any atom is 0.239 e. The van der Waals surface area contributed by atoms with Crippen molar-refractivity contribution >= 4 is 11.6 Å². The predicted octanol–water partition coefficient (Wildman–Crippen LogP) is 2.25. The van der Waals surface area contributed by atoms with E-state index >= 15 is 0 Å². The maximum absolute atomic E-state index is 12.1. The van der Waals surface area contributed by atoms with Gasteiger partial charge in [0, 0.05) is 31.9 Å². The molecule has 1 aliphatic heterocycles. The zero-order valence-corrected chi connectivity index (χ0v) is 14.4. The summed E-state index contributed by atoms with van der Waals surface area (Å²) in [4.78, 5) is 14.5. The van der Waals surface area contributed by atoms with Gasteiger partial charge < -0.3 is 15.4 Å². The number of hydrogen-bond acceptors (Lipinski definition) is 4. The van der Waals surface area contributed by atoms with Crippen molar-refractivity contribution in [2.24, 2.45) is 0 Å². The zero-order chi connectivity index (χ0) is 17.3. The lowest BCUT2D eigenvalue weighted by atomic mass is 10.1. The van der Waals surface area contributed by atoms with Crippen LogP contribution in [0.2, 0.25) is 0 Å². The van der Waals surface area contributed by atoms with Crippen LogP contribution in [-0.4, -0.2) is 43.7 Å². The summed E-state index contributed by atoms with van der Waals surface area (Å²) in [5.41, 5.74) is 3.38. The molecule has 0 aromatic heterocycles. The molecule has 1 saturated heterocycles. The van der Waals surface area contributed by atoms with E-state index in [-0.39, 0.29) is 12.5 Å². The summed E-state index contributed by atoms with van der Waals surface area (Å²) in [6.45, 7) is 5.24. The number of nitrogens with one attached hydrogen (secondary N) is 2. The Hall–Kier alpha value is -2.37. The Bertz CT molecular complexity index is 670. The molecular formula is C20H25N3O2. The molecule has 3 rings (SSSR count). The van der Waals surface area contributed by atoms with Crippen molar-refractivity contribution in [2.75, 3.05) is 38.2 Å². The zero-order valence-electron chi connectivity index (χ0n) is 14.4. The van der Waals surface area contributed by atoms with Crippen LogP contribution in [0.4, 0.5) is 5.69 Å². The summed E-state index contributed by atoms with van der Waals surface area (Å²) >= 11 is 0. The van der Waals surface area contributed by atoms with Crippen molar-refractivity contribution in [3.63, 3.8) is 0 Å². The summed E-state index contributed by atoms with van der Waals surface area (Å²) in [5, 5.41) is 6.13. The molecule has 25 heavy (non-hydrogen) atoms. The number of amides is 1. The van der Waals surface area contributed by atoms with Crippen molar-refractivity contribution in [1.29, 1.82) is 0 Å². The van der Waals surface area contributed by atoms with Crippen LogP contribution in [0.1, 0.15) is 11.1 Å². The first kappa shape index (κ1) is 17.5. The molecule has 0 spiro atoms. The average molecular weight is 339 g/mol. The van der Waals surface area contributed by atoms with Crippen LogP contribution in [0.3, 0.4) is 0 Å². The minimum atomic E-state index is -0.00923. The van der Waals surface area contributed by atoms with Crippen LogP contribution in [-0.2, 0) is 22.6 Å². The third kappa shape index (κ3) is 5.59. The number of ether oxygens (including phenoxy) is 1. The summed E-state index contributed by atoms with van der Waals surface area (Å²) < 4.78 is 5.40. The lowest BCUT2D eigenvalue weighted by molar-refractivity contribution is -0.119. The van der Waals surface area contributed by atoms with Crippen LogP contribution in [0.25, 0.3) is 0 Å². The fraction of sp³-hybridized carbons (Fsp3) is 0.350. The minimum absolute atomic E-state index is 0.00923. The predicted molar refractivity (Wildman–Crippen MR) is 99.3 cm³/mol. The van der Waals surface area contributed by atoms with Gasteiger partial charge in [-0.1, -0.05) is 42.5 Å². The second kappa shape index (κ2) is 9.20. The highest BCUT2D eigenvalue weighted by Crippen LogP contribution is 2.13. The van der Waals surface area contributed by atoms with E-state index in [2.05, 4.69) is 33.7 Å². The summed E-state index contributed by atoms with van der Waals surface area (Å²) in [7, 11) is 0. The van der Waals surface area contributed by atoms with E-state index in [1.807, 2.05) is 36.4 Å². The van der Waals surface area contributed by atoms with Gasteiger partial charge in [0.2, 0.25) is 5.91 Å². The lowest BCUT2D eigenvalue weighted by Gasteiger charge is -2.27. The van der Waals surface area contributed by atoms with Crippen molar-refractivity contribution in [2.45, 2.75) is 13.1 Å². The Morgan fingerprint density at radius 3 is 2.40 bits per heavy atom. The van der Waals surface area contributed by atoms with Crippen LogP contribution in [0, 0.1) is 0 Å². The van der Waals surface area contributed by atoms with Crippen molar-refractivity contribution in [1.82, 2.24) is 10.2 Å². The molecule has 5 heteroatoms. The Morgan fingerprint density at radius 1 is 0.960 bits per heavy atom. The molecule has 0 aliphatic carbocycles. The molecule has 1 aliphatic rings. The number of carbonyl (C=O) groups excluding carboxylic acids is 1. The van der Waals surface area contributed by atoms with Gasteiger partial charge in [0.25, 0.3) is 0 Å². The number of hydrogen-bond donors (Lipinski definition) is 2. The van der Waals surface area contributed by atoms with Crippen LogP contribution in [0.5, 0.6) is 0 Å². The molecule has 132 valence electrons. The molecule has 1 heterocycles. The van der Waals surface area contributed by atoms with E-state index in [4.69, 9.17) is 4.74 Å². The standard InChI is InChI=1S/C20H25N3O2/c24-20(15-21-19-8-2-1-3-9-19)22-14-17-6-4-5-7-18(17)16-23-10-12-25-13-11-23/h1-9,21H,10-16H2,(H,22,24). The van der Waals surface area contributed by atoms with Gasteiger partial charge in [-0.15, -0.1) is 0 Å². The molecule has 0 radical (unpaired) electrons. The van der Waals surface area contributed by atoms with Crippen LogP contribution < -0.4 is 10.6 Å². The molecule has 1 fully saturated rings. The van der Waals surface area contributed by atoms with Gasteiger partial charge in [0.15, 0.2) is 0 Å². The number of rotatable bonds is 7. The summed E-state index contributed by atoms with van der Waals surface area (Å²) in [5.74, 6) is -0.00923.